The molecular formula is C13H17N3O2S. The highest BCUT2D eigenvalue weighted by molar-refractivity contribution is 7.80. The van der Waals surface area contributed by atoms with E-state index < -0.39 is 11.8 Å². The first-order valence-electron chi connectivity index (χ1n) is 6.11. The molecule has 1 saturated heterocycles. The summed E-state index contributed by atoms with van der Waals surface area (Å²) in [6.45, 7) is 5.84. The van der Waals surface area contributed by atoms with E-state index in [-0.39, 0.29) is 0 Å². The minimum atomic E-state index is -0.626. The number of hydrogen-bond acceptors (Lipinski definition) is 4. The summed E-state index contributed by atoms with van der Waals surface area (Å²) in [5.74, 6) is 0. The van der Waals surface area contributed by atoms with E-state index in [2.05, 4.69) is 5.43 Å². The van der Waals surface area contributed by atoms with Gasteiger partial charge in [-0.05, 0) is 45.1 Å². The number of anilines is 1. The molecule has 0 aliphatic carbocycles. The number of hydrogen-bond donors (Lipinski definition) is 1. The van der Waals surface area contributed by atoms with Crippen molar-refractivity contribution in [2.45, 2.75) is 26.4 Å². The topological polar surface area (TPSA) is 44.8 Å². The van der Waals surface area contributed by atoms with Crippen LogP contribution >= 0.6 is 12.2 Å². The van der Waals surface area contributed by atoms with E-state index in [9.17, 15) is 4.79 Å². The molecule has 19 heavy (non-hydrogen) atoms. The van der Waals surface area contributed by atoms with Crippen LogP contribution in [0.25, 0.3) is 0 Å². The fourth-order valence-electron chi connectivity index (χ4n) is 1.96. The molecule has 1 aromatic carbocycles. The lowest BCUT2D eigenvalue weighted by Crippen LogP contribution is -2.50. The van der Waals surface area contributed by atoms with Gasteiger partial charge in [-0.25, -0.2) is 20.1 Å². The van der Waals surface area contributed by atoms with Crippen LogP contribution in [0.2, 0.25) is 0 Å². The first kappa shape index (κ1) is 13.8. The zero-order valence-electron chi connectivity index (χ0n) is 11.2. The molecule has 1 aliphatic heterocycles. The molecule has 6 heteroatoms. The van der Waals surface area contributed by atoms with Crippen molar-refractivity contribution in [3.8, 4) is 0 Å². The van der Waals surface area contributed by atoms with Gasteiger partial charge in [-0.3, -0.25) is 0 Å². The van der Waals surface area contributed by atoms with E-state index >= 15 is 0 Å². The zero-order valence-corrected chi connectivity index (χ0v) is 12.0. The Bertz CT molecular complexity index is 490. The van der Waals surface area contributed by atoms with Crippen LogP contribution in [0.3, 0.4) is 0 Å². The first-order valence-corrected chi connectivity index (χ1v) is 6.52. The molecule has 0 radical (unpaired) electrons. The smallest absolute Gasteiger partial charge is 0.417 e. The molecule has 1 amide bonds. The summed E-state index contributed by atoms with van der Waals surface area (Å²) in [4.78, 5) is 13.4. The van der Waals surface area contributed by atoms with E-state index in [1.165, 1.54) is 4.90 Å². The Morgan fingerprint density at radius 2 is 2.00 bits per heavy atom. The van der Waals surface area contributed by atoms with E-state index in [1.54, 1.807) is 11.9 Å². The lowest BCUT2D eigenvalue weighted by molar-refractivity contribution is 0.101. The van der Waals surface area contributed by atoms with E-state index in [0.29, 0.717) is 11.7 Å². The van der Waals surface area contributed by atoms with Gasteiger partial charge in [0, 0.05) is 0 Å². The molecule has 1 N–H and O–H groups in total. The van der Waals surface area contributed by atoms with Crippen molar-refractivity contribution in [1.29, 1.82) is 0 Å². The Kier molecular flexibility index (Phi) is 3.73. The fraction of sp³-hybridized carbons (Fsp3) is 0.385. The highest BCUT2D eigenvalue weighted by Crippen LogP contribution is 2.27. The summed E-state index contributed by atoms with van der Waals surface area (Å²) in [5, 5.41) is 2.10. The summed E-state index contributed by atoms with van der Waals surface area (Å²) in [7, 11) is 0. The molecule has 1 aliphatic rings. The lowest BCUT2D eigenvalue weighted by Gasteiger charge is -2.27. The lowest BCUT2D eigenvalue weighted by atomic mass is 10.2. The van der Waals surface area contributed by atoms with Gasteiger partial charge in [0.25, 0.3) is 0 Å². The van der Waals surface area contributed by atoms with Gasteiger partial charge >= 0.3 is 6.09 Å². The van der Waals surface area contributed by atoms with E-state index in [1.807, 2.05) is 44.2 Å². The SMILES string of the molecule is CCOC(=O)N1C(=S)N(c2ccccc2)NC1(C)C. The van der Waals surface area contributed by atoms with Gasteiger partial charge < -0.3 is 4.74 Å². The summed E-state index contributed by atoms with van der Waals surface area (Å²) in [5.41, 5.74) is 3.46. The normalized spacial score (nSPS) is 17.7. The minimum absolute atomic E-state index is 0.319. The van der Waals surface area contributed by atoms with Gasteiger partial charge in [-0.1, -0.05) is 18.2 Å². The number of thiocarbonyl (C=S) groups is 1. The number of ether oxygens (including phenoxy) is 1. The van der Waals surface area contributed by atoms with Crippen molar-refractivity contribution >= 4 is 29.1 Å². The number of rotatable bonds is 2. The molecule has 0 spiro atoms. The number of nitrogens with zero attached hydrogens (tertiary/aromatic N) is 2. The number of carbonyl (C=O) groups is 1. The average molecular weight is 279 g/mol. The Hall–Kier alpha value is -1.66. The molecule has 0 atom stereocenters. The summed E-state index contributed by atoms with van der Waals surface area (Å²) in [6.07, 6.45) is -0.441. The number of para-hydroxylation sites is 1. The third kappa shape index (κ3) is 2.54. The van der Waals surface area contributed by atoms with Crippen LogP contribution in [0.1, 0.15) is 20.8 Å². The van der Waals surface area contributed by atoms with Crippen LogP contribution in [0.15, 0.2) is 30.3 Å². The Morgan fingerprint density at radius 3 is 2.58 bits per heavy atom. The number of carbonyl (C=O) groups excluding carboxylic acids is 1. The van der Waals surface area contributed by atoms with E-state index in [0.717, 1.165) is 5.69 Å². The molecule has 0 unspecified atom stereocenters. The summed E-state index contributed by atoms with van der Waals surface area (Å²) >= 11 is 5.37. The molecule has 1 aromatic rings. The summed E-state index contributed by atoms with van der Waals surface area (Å²) < 4.78 is 5.05. The highest BCUT2D eigenvalue weighted by atomic mass is 32.1. The zero-order chi connectivity index (χ0) is 14.0. The number of hydrazine groups is 1. The Morgan fingerprint density at radius 1 is 1.37 bits per heavy atom. The number of amides is 1. The minimum Gasteiger partial charge on any atom is -0.449 e. The van der Waals surface area contributed by atoms with Crippen molar-refractivity contribution in [1.82, 2.24) is 10.3 Å². The van der Waals surface area contributed by atoms with Gasteiger partial charge in [0.2, 0.25) is 5.11 Å². The second kappa shape index (κ2) is 5.14. The van der Waals surface area contributed by atoms with Crippen LogP contribution in [-0.4, -0.2) is 28.4 Å². The van der Waals surface area contributed by atoms with Gasteiger partial charge in [0.1, 0.15) is 5.66 Å². The van der Waals surface area contributed by atoms with Gasteiger partial charge in [0.05, 0.1) is 12.3 Å². The molecule has 102 valence electrons. The van der Waals surface area contributed by atoms with Crippen molar-refractivity contribution in [2.75, 3.05) is 11.6 Å². The quantitative estimate of drug-likeness (QED) is 0.843. The first-order chi connectivity index (χ1) is 8.97. The molecule has 1 fully saturated rings. The number of benzene rings is 1. The molecule has 2 rings (SSSR count). The highest BCUT2D eigenvalue weighted by Gasteiger charge is 2.45. The maximum absolute atomic E-state index is 12.0. The molecule has 0 bridgehead atoms. The van der Waals surface area contributed by atoms with Crippen molar-refractivity contribution in [3.63, 3.8) is 0 Å². The molecular weight excluding hydrogens is 262 g/mol. The van der Waals surface area contributed by atoms with Crippen molar-refractivity contribution in [3.05, 3.63) is 30.3 Å². The monoisotopic (exact) mass is 279 g/mol. The fourth-order valence-corrected chi connectivity index (χ4v) is 2.41. The van der Waals surface area contributed by atoms with Crippen LogP contribution in [0.5, 0.6) is 0 Å². The maximum Gasteiger partial charge on any atom is 0.417 e. The third-order valence-electron chi connectivity index (χ3n) is 2.79. The average Bonchev–Trinajstić information content (AvgIpc) is 2.61. The van der Waals surface area contributed by atoms with E-state index in [4.69, 9.17) is 17.0 Å². The summed E-state index contributed by atoms with van der Waals surface area (Å²) in [6, 6.07) is 9.60. The van der Waals surface area contributed by atoms with Crippen LogP contribution in [0.4, 0.5) is 10.5 Å². The van der Waals surface area contributed by atoms with Crippen molar-refractivity contribution in [2.24, 2.45) is 0 Å². The third-order valence-corrected chi connectivity index (χ3v) is 3.16. The number of nitrogens with one attached hydrogen (secondary N) is 1. The Balaban J connectivity index is 2.29. The second-order valence-corrected chi connectivity index (χ2v) is 5.02. The van der Waals surface area contributed by atoms with Gasteiger partial charge in [0.15, 0.2) is 0 Å². The molecule has 0 aromatic heterocycles. The van der Waals surface area contributed by atoms with Gasteiger partial charge in [-0.2, -0.15) is 0 Å². The second-order valence-electron chi connectivity index (χ2n) is 4.66. The molecule has 5 nitrogen and oxygen atoms in total. The standard InChI is InChI=1S/C13H17N3O2S/c1-4-18-12(17)15-11(19)16(14-13(15,2)3)10-8-6-5-7-9-10/h5-9,14H,4H2,1-3H3. The molecule has 1 heterocycles. The predicted molar refractivity (Wildman–Crippen MR) is 77.6 cm³/mol. The maximum atomic E-state index is 12.0. The van der Waals surface area contributed by atoms with Crippen LogP contribution in [0, 0.1) is 0 Å². The van der Waals surface area contributed by atoms with Crippen LogP contribution < -0.4 is 10.4 Å². The largest absolute Gasteiger partial charge is 0.449 e. The predicted octanol–water partition coefficient (Wildman–Crippen LogP) is 2.49. The molecule has 0 saturated carbocycles. The Labute approximate surface area is 118 Å². The van der Waals surface area contributed by atoms with Crippen molar-refractivity contribution < 1.29 is 9.53 Å². The van der Waals surface area contributed by atoms with Gasteiger partial charge in [-0.15, -0.1) is 0 Å². The van der Waals surface area contributed by atoms with Crippen LogP contribution in [-0.2, 0) is 4.74 Å².